The van der Waals surface area contributed by atoms with Gasteiger partial charge in [0.2, 0.25) is 0 Å². The quantitative estimate of drug-likeness (QED) is 0.864. The number of hydrogen-bond donors (Lipinski definition) is 2. The number of nitrogens with one attached hydrogen (secondary N) is 2. The fraction of sp³-hybridized carbons (Fsp3) is 0.100. The van der Waals surface area contributed by atoms with Crippen LogP contribution in [-0.2, 0) is 6.18 Å². The van der Waals surface area contributed by atoms with Gasteiger partial charge in [-0.3, -0.25) is 4.79 Å². The van der Waals surface area contributed by atoms with Gasteiger partial charge in [-0.05, 0) is 24.3 Å². The third-order valence-electron chi connectivity index (χ3n) is 2.12. The summed E-state index contributed by atoms with van der Waals surface area (Å²) in [6.07, 6.45) is -3.19. The molecule has 2 N–H and O–H groups in total. The molecule has 0 spiro atoms. The average Bonchev–Trinajstić information content (AvgIpc) is 2.82. The predicted octanol–water partition coefficient (Wildman–Crippen LogP) is 2.08. The normalized spacial score (nSPS) is 11.3. The van der Waals surface area contributed by atoms with Gasteiger partial charge in [0.1, 0.15) is 0 Å². The topological polar surface area (TPSA) is 70.7 Å². The van der Waals surface area contributed by atoms with E-state index >= 15 is 0 Å². The predicted molar refractivity (Wildman–Crippen MR) is 55.8 cm³/mol. The number of H-pyrrole nitrogens is 1. The summed E-state index contributed by atoms with van der Waals surface area (Å²) in [4.78, 5) is 11.5. The van der Waals surface area contributed by atoms with Crippen molar-refractivity contribution in [2.24, 2.45) is 0 Å². The van der Waals surface area contributed by atoms with Gasteiger partial charge < -0.3 is 5.32 Å². The van der Waals surface area contributed by atoms with Crippen LogP contribution in [0.5, 0.6) is 0 Å². The zero-order valence-corrected chi connectivity index (χ0v) is 8.82. The maximum Gasteiger partial charge on any atom is 0.416 e. The van der Waals surface area contributed by atoms with Gasteiger partial charge in [-0.2, -0.15) is 28.6 Å². The average molecular weight is 256 g/mol. The monoisotopic (exact) mass is 256 g/mol. The van der Waals surface area contributed by atoms with Gasteiger partial charge in [-0.15, -0.1) is 0 Å². The molecule has 1 amide bonds. The summed E-state index contributed by atoms with van der Waals surface area (Å²) in [7, 11) is 0. The Morgan fingerprint density at radius 2 is 1.89 bits per heavy atom. The van der Waals surface area contributed by atoms with Crippen LogP contribution in [-0.4, -0.2) is 21.3 Å². The van der Waals surface area contributed by atoms with Crippen LogP contribution in [0.2, 0.25) is 0 Å². The van der Waals surface area contributed by atoms with E-state index in [0.29, 0.717) is 0 Å². The number of anilines is 1. The molecule has 0 unspecified atom stereocenters. The van der Waals surface area contributed by atoms with E-state index in [9.17, 15) is 18.0 Å². The Labute approximate surface area is 99.0 Å². The second kappa shape index (κ2) is 4.47. The fourth-order valence-corrected chi connectivity index (χ4v) is 1.25. The largest absolute Gasteiger partial charge is 0.416 e. The minimum absolute atomic E-state index is 0.0508. The first-order valence-corrected chi connectivity index (χ1v) is 4.81. The molecule has 1 heterocycles. The highest BCUT2D eigenvalue weighted by Gasteiger charge is 2.29. The number of rotatable bonds is 2. The van der Waals surface area contributed by atoms with Gasteiger partial charge in [-0.1, -0.05) is 0 Å². The molecule has 0 fully saturated rings. The summed E-state index contributed by atoms with van der Waals surface area (Å²) < 4.78 is 36.9. The number of alkyl halides is 3. The van der Waals surface area contributed by atoms with E-state index in [1.54, 1.807) is 0 Å². The van der Waals surface area contributed by atoms with Crippen molar-refractivity contribution in [3.63, 3.8) is 0 Å². The summed E-state index contributed by atoms with van der Waals surface area (Å²) >= 11 is 0. The molecule has 0 atom stereocenters. The molecule has 94 valence electrons. The van der Waals surface area contributed by atoms with Crippen LogP contribution < -0.4 is 5.32 Å². The summed E-state index contributed by atoms with van der Waals surface area (Å²) in [5, 5.41) is 11.6. The Bertz CT molecular complexity index is 533. The van der Waals surface area contributed by atoms with Crippen LogP contribution in [0.4, 0.5) is 18.9 Å². The van der Waals surface area contributed by atoms with E-state index in [1.165, 1.54) is 18.3 Å². The van der Waals surface area contributed by atoms with Crippen molar-refractivity contribution in [2.45, 2.75) is 6.18 Å². The molecule has 0 aliphatic carbocycles. The Morgan fingerprint density at radius 1 is 1.22 bits per heavy atom. The number of hydrogen-bond acceptors (Lipinski definition) is 3. The summed E-state index contributed by atoms with van der Waals surface area (Å²) in [5.74, 6) is -0.552. The van der Waals surface area contributed by atoms with Crippen molar-refractivity contribution in [1.29, 1.82) is 0 Å². The third-order valence-corrected chi connectivity index (χ3v) is 2.12. The molecule has 18 heavy (non-hydrogen) atoms. The fourth-order valence-electron chi connectivity index (χ4n) is 1.25. The summed E-state index contributed by atoms with van der Waals surface area (Å²) in [6, 6.07) is 4.11. The molecule has 0 radical (unpaired) electrons. The van der Waals surface area contributed by atoms with Crippen LogP contribution in [0.1, 0.15) is 16.1 Å². The van der Waals surface area contributed by atoms with Crippen molar-refractivity contribution in [1.82, 2.24) is 15.4 Å². The molecule has 2 rings (SSSR count). The minimum Gasteiger partial charge on any atom is -0.321 e. The Balaban J connectivity index is 2.09. The standard InChI is InChI=1S/C10H7F3N4O/c11-10(12,13)6-1-3-7(4-2-6)15-9(18)8-5-14-17-16-8/h1-5H,(H,15,18)(H,14,16,17). The molecular weight excluding hydrogens is 249 g/mol. The molecule has 0 aliphatic heterocycles. The number of amides is 1. The molecule has 0 aliphatic rings. The lowest BCUT2D eigenvalue weighted by Crippen LogP contribution is -2.12. The first-order valence-electron chi connectivity index (χ1n) is 4.81. The van der Waals surface area contributed by atoms with Crippen LogP contribution in [0, 0.1) is 0 Å². The molecule has 0 saturated heterocycles. The third kappa shape index (κ3) is 2.65. The summed E-state index contributed by atoms with van der Waals surface area (Å²) in [5.41, 5.74) is -0.479. The van der Waals surface area contributed by atoms with Crippen molar-refractivity contribution in [2.75, 3.05) is 5.32 Å². The highest BCUT2D eigenvalue weighted by Crippen LogP contribution is 2.29. The van der Waals surface area contributed by atoms with Crippen LogP contribution in [0.3, 0.4) is 0 Å². The highest BCUT2D eigenvalue weighted by atomic mass is 19.4. The van der Waals surface area contributed by atoms with E-state index in [1.807, 2.05) is 0 Å². The van der Waals surface area contributed by atoms with E-state index in [0.717, 1.165) is 12.1 Å². The minimum atomic E-state index is -4.39. The first-order chi connectivity index (χ1) is 8.47. The Morgan fingerprint density at radius 3 is 2.39 bits per heavy atom. The molecule has 0 bridgehead atoms. The zero-order valence-electron chi connectivity index (χ0n) is 8.82. The number of carbonyl (C=O) groups excluding carboxylic acids is 1. The van der Waals surface area contributed by atoms with Crippen molar-refractivity contribution in [3.05, 3.63) is 41.7 Å². The van der Waals surface area contributed by atoms with E-state index < -0.39 is 17.6 Å². The lowest BCUT2D eigenvalue weighted by Gasteiger charge is -2.07. The smallest absolute Gasteiger partial charge is 0.321 e. The number of nitrogens with zero attached hydrogens (tertiary/aromatic N) is 2. The highest BCUT2D eigenvalue weighted by molar-refractivity contribution is 6.02. The number of aromatic amines is 1. The maximum absolute atomic E-state index is 12.3. The SMILES string of the molecule is O=C(Nc1ccc(C(F)(F)F)cc1)c1cn[nH]n1. The van der Waals surface area contributed by atoms with E-state index in [4.69, 9.17) is 0 Å². The first kappa shape index (κ1) is 12.1. The Hall–Kier alpha value is -2.38. The van der Waals surface area contributed by atoms with Crippen LogP contribution in [0.25, 0.3) is 0 Å². The van der Waals surface area contributed by atoms with Crippen molar-refractivity contribution >= 4 is 11.6 Å². The number of aromatic nitrogens is 3. The molecule has 8 heteroatoms. The lowest BCUT2D eigenvalue weighted by molar-refractivity contribution is -0.137. The molecule has 1 aromatic heterocycles. The van der Waals surface area contributed by atoms with Gasteiger partial charge in [0.05, 0.1) is 11.8 Å². The zero-order chi connectivity index (χ0) is 13.2. The van der Waals surface area contributed by atoms with E-state index in [2.05, 4.69) is 20.7 Å². The number of carbonyl (C=O) groups is 1. The summed E-state index contributed by atoms with van der Waals surface area (Å²) in [6.45, 7) is 0. The Kier molecular flexibility index (Phi) is 3.00. The van der Waals surface area contributed by atoms with Gasteiger partial charge in [-0.25, -0.2) is 0 Å². The van der Waals surface area contributed by atoms with Gasteiger partial charge in [0.15, 0.2) is 5.69 Å². The molecule has 0 saturated carbocycles. The van der Waals surface area contributed by atoms with Gasteiger partial charge in [0, 0.05) is 5.69 Å². The van der Waals surface area contributed by atoms with E-state index in [-0.39, 0.29) is 11.4 Å². The van der Waals surface area contributed by atoms with Crippen molar-refractivity contribution in [3.8, 4) is 0 Å². The second-order valence-electron chi connectivity index (χ2n) is 3.38. The van der Waals surface area contributed by atoms with Crippen LogP contribution in [0.15, 0.2) is 30.5 Å². The molecular formula is C10H7F3N4O. The number of benzene rings is 1. The molecule has 5 nitrogen and oxygen atoms in total. The lowest BCUT2D eigenvalue weighted by atomic mass is 10.2. The molecule has 2 aromatic rings. The maximum atomic E-state index is 12.3. The van der Waals surface area contributed by atoms with Gasteiger partial charge in [0.25, 0.3) is 5.91 Å². The van der Waals surface area contributed by atoms with Crippen LogP contribution >= 0.6 is 0 Å². The van der Waals surface area contributed by atoms with Gasteiger partial charge >= 0.3 is 6.18 Å². The van der Waals surface area contributed by atoms with Crippen molar-refractivity contribution < 1.29 is 18.0 Å². The number of halogens is 3. The molecule has 1 aromatic carbocycles. The second-order valence-corrected chi connectivity index (χ2v) is 3.38.